The zero-order chi connectivity index (χ0) is 17.2. The number of H-pyrrole nitrogens is 1. The van der Waals surface area contributed by atoms with Gasteiger partial charge in [-0.3, -0.25) is 9.89 Å². The molecule has 5 nitrogen and oxygen atoms in total. The summed E-state index contributed by atoms with van der Waals surface area (Å²) in [4.78, 5) is 12.2. The molecule has 0 aliphatic heterocycles. The van der Waals surface area contributed by atoms with Crippen LogP contribution in [0.5, 0.6) is 5.75 Å². The van der Waals surface area contributed by atoms with Gasteiger partial charge in [-0.1, -0.05) is 12.1 Å². The van der Waals surface area contributed by atoms with Gasteiger partial charge in [0.05, 0.1) is 17.2 Å². The molecule has 25 heavy (non-hydrogen) atoms. The summed E-state index contributed by atoms with van der Waals surface area (Å²) in [5.41, 5.74) is 0.749. The molecule has 0 radical (unpaired) electrons. The van der Waals surface area contributed by atoms with Crippen LogP contribution >= 0.6 is 0 Å². The highest BCUT2D eigenvalue weighted by Crippen LogP contribution is 2.28. The zero-order valence-electron chi connectivity index (χ0n) is 13.6. The number of aromatic amines is 1. The summed E-state index contributed by atoms with van der Waals surface area (Å²) in [6.07, 6.45) is 4.88. The Balaban J connectivity index is 1.54. The van der Waals surface area contributed by atoms with E-state index >= 15 is 0 Å². The Morgan fingerprint density at radius 2 is 2.00 bits per heavy atom. The van der Waals surface area contributed by atoms with Crippen molar-refractivity contribution in [2.45, 2.75) is 31.8 Å². The van der Waals surface area contributed by atoms with Crippen LogP contribution in [0, 0.1) is 5.82 Å². The Kier molecular flexibility index (Phi) is 4.09. The van der Waals surface area contributed by atoms with Crippen LogP contribution < -0.4 is 10.1 Å². The molecule has 1 saturated carbocycles. The van der Waals surface area contributed by atoms with E-state index < -0.39 is 11.7 Å². The summed E-state index contributed by atoms with van der Waals surface area (Å²) in [5, 5.41) is 10.4. The summed E-state index contributed by atoms with van der Waals surface area (Å²) < 4.78 is 19.7. The van der Waals surface area contributed by atoms with Gasteiger partial charge in [-0.15, -0.1) is 0 Å². The van der Waals surface area contributed by atoms with Crippen molar-refractivity contribution in [1.29, 1.82) is 0 Å². The minimum absolute atomic E-state index is 0.0140. The fourth-order valence-electron chi connectivity index (χ4n) is 3.19. The van der Waals surface area contributed by atoms with Crippen LogP contribution in [0.4, 0.5) is 10.2 Å². The number of carbonyl (C=O) groups excluding carboxylic acids is 1. The van der Waals surface area contributed by atoms with Crippen molar-refractivity contribution in [3.05, 3.63) is 53.8 Å². The van der Waals surface area contributed by atoms with Crippen LogP contribution in [0.3, 0.4) is 0 Å². The van der Waals surface area contributed by atoms with E-state index in [1.807, 2.05) is 18.2 Å². The smallest absolute Gasteiger partial charge is 0.259 e. The zero-order valence-corrected chi connectivity index (χ0v) is 13.6. The minimum Gasteiger partial charge on any atom is -0.490 e. The number of hydrogen-bond acceptors (Lipinski definition) is 3. The summed E-state index contributed by atoms with van der Waals surface area (Å²) in [5.74, 6) is 0.0653. The molecule has 0 saturated heterocycles. The van der Waals surface area contributed by atoms with Gasteiger partial charge in [0.15, 0.2) is 5.82 Å². The molecule has 0 unspecified atom stereocenters. The predicted octanol–water partition coefficient (Wildman–Crippen LogP) is 4.28. The number of benzene rings is 2. The molecule has 1 aromatic heterocycles. The Morgan fingerprint density at radius 3 is 2.80 bits per heavy atom. The van der Waals surface area contributed by atoms with E-state index in [1.54, 1.807) is 12.1 Å². The number of aromatic nitrogens is 2. The highest BCUT2D eigenvalue weighted by molar-refractivity contribution is 6.08. The molecule has 1 amide bonds. The molecule has 1 aliphatic carbocycles. The quantitative estimate of drug-likeness (QED) is 0.746. The fourth-order valence-corrected chi connectivity index (χ4v) is 3.19. The lowest BCUT2D eigenvalue weighted by Gasteiger charge is -2.12. The lowest BCUT2D eigenvalue weighted by molar-refractivity contribution is 0.102. The standard InChI is InChI=1S/C19H18FN3O2/c20-16-8-4-3-7-14(16)19(24)21-18-15-10-9-13(11-17(15)22-23-18)25-12-5-1-2-6-12/h3-4,7-12H,1-2,5-6H2,(H2,21,22,23,24). The number of hydrogen-bond donors (Lipinski definition) is 2. The average molecular weight is 339 g/mol. The van der Waals surface area contributed by atoms with Crippen molar-refractivity contribution < 1.29 is 13.9 Å². The Hall–Kier alpha value is -2.89. The topological polar surface area (TPSA) is 67.0 Å². The van der Waals surface area contributed by atoms with E-state index in [2.05, 4.69) is 15.5 Å². The van der Waals surface area contributed by atoms with Crippen LogP contribution in [-0.4, -0.2) is 22.2 Å². The number of anilines is 1. The first kappa shape index (κ1) is 15.6. The van der Waals surface area contributed by atoms with E-state index in [1.165, 1.54) is 25.0 Å². The summed E-state index contributed by atoms with van der Waals surface area (Å²) in [6.45, 7) is 0. The van der Waals surface area contributed by atoms with Gasteiger partial charge in [-0.05, 0) is 49.9 Å². The number of nitrogens with one attached hydrogen (secondary N) is 2. The van der Waals surface area contributed by atoms with Crippen molar-refractivity contribution in [2.24, 2.45) is 0 Å². The van der Waals surface area contributed by atoms with Crippen molar-refractivity contribution in [1.82, 2.24) is 10.2 Å². The van der Waals surface area contributed by atoms with Crippen molar-refractivity contribution in [3.8, 4) is 5.75 Å². The molecule has 1 fully saturated rings. The summed E-state index contributed by atoms with van der Waals surface area (Å²) >= 11 is 0. The van der Waals surface area contributed by atoms with Gasteiger partial charge in [0.1, 0.15) is 11.6 Å². The second kappa shape index (κ2) is 6.55. The number of nitrogens with zero attached hydrogens (tertiary/aromatic N) is 1. The molecule has 0 atom stereocenters. The maximum absolute atomic E-state index is 13.7. The maximum atomic E-state index is 13.7. The highest BCUT2D eigenvalue weighted by atomic mass is 19.1. The fraction of sp³-hybridized carbons (Fsp3) is 0.263. The normalized spacial score (nSPS) is 14.8. The molecule has 1 heterocycles. The van der Waals surface area contributed by atoms with Gasteiger partial charge in [0, 0.05) is 11.5 Å². The van der Waals surface area contributed by atoms with E-state index in [4.69, 9.17) is 4.74 Å². The van der Waals surface area contributed by atoms with E-state index in [0.29, 0.717) is 5.82 Å². The third-order valence-electron chi connectivity index (χ3n) is 4.49. The number of carbonyl (C=O) groups is 1. The maximum Gasteiger partial charge on any atom is 0.259 e. The molecule has 3 aromatic rings. The lowest BCUT2D eigenvalue weighted by atomic mass is 10.2. The Bertz CT molecular complexity index is 916. The van der Waals surface area contributed by atoms with Gasteiger partial charge in [-0.25, -0.2) is 4.39 Å². The number of fused-ring (bicyclic) bond motifs is 1. The number of ether oxygens (including phenoxy) is 1. The molecular formula is C19H18FN3O2. The lowest BCUT2D eigenvalue weighted by Crippen LogP contribution is -2.14. The van der Waals surface area contributed by atoms with Gasteiger partial charge in [0.2, 0.25) is 0 Å². The molecule has 1 aliphatic rings. The van der Waals surface area contributed by atoms with E-state index in [-0.39, 0.29) is 11.7 Å². The van der Waals surface area contributed by atoms with Crippen molar-refractivity contribution in [2.75, 3.05) is 5.32 Å². The first-order valence-corrected chi connectivity index (χ1v) is 8.41. The van der Waals surface area contributed by atoms with Crippen LogP contribution in [0.25, 0.3) is 10.9 Å². The summed E-state index contributed by atoms with van der Waals surface area (Å²) in [6, 6.07) is 11.4. The second-order valence-electron chi connectivity index (χ2n) is 6.24. The van der Waals surface area contributed by atoms with Crippen LogP contribution in [0.1, 0.15) is 36.0 Å². The molecule has 0 bridgehead atoms. The van der Waals surface area contributed by atoms with Crippen LogP contribution in [0.15, 0.2) is 42.5 Å². The molecule has 4 rings (SSSR count). The highest BCUT2D eigenvalue weighted by Gasteiger charge is 2.18. The SMILES string of the molecule is O=C(Nc1n[nH]c2cc(OC3CCCC3)ccc12)c1ccccc1F. The monoisotopic (exact) mass is 339 g/mol. The van der Waals surface area contributed by atoms with E-state index in [9.17, 15) is 9.18 Å². The molecular weight excluding hydrogens is 321 g/mol. The molecule has 2 N–H and O–H groups in total. The second-order valence-corrected chi connectivity index (χ2v) is 6.24. The van der Waals surface area contributed by atoms with E-state index in [0.717, 1.165) is 29.5 Å². The Labute approximate surface area is 144 Å². The predicted molar refractivity (Wildman–Crippen MR) is 93.3 cm³/mol. The van der Waals surface area contributed by atoms with Gasteiger partial charge < -0.3 is 10.1 Å². The average Bonchev–Trinajstić information content (AvgIpc) is 3.25. The Morgan fingerprint density at radius 1 is 1.20 bits per heavy atom. The molecule has 2 aromatic carbocycles. The minimum atomic E-state index is -0.563. The van der Waals surface area contributed by atoms with Crippen molar-refractivity contribution >= 4 is 22.6 Å². The summed E-state index contributed by atoms with van der Waals surface area (Å²) in [7, 11) is 0. The number of halogens is 1. The van der Waals surface area contributed by atoms with Crippen molar-refractivity contribution in [3.63, 3.8) is 0 Å². The van der Waals surface area contributed by atoms with Gasteiger partial charge in [-0.2, -0.15) is 5.10 Å². The number of amides is 1. The third kappa shape index (κ3) is 3.20. The van der Waals surface area contributed by atoms with Gasteiger partial charge >= 0.3 is 0 Å². The van der Waals surface area contributed by atoms with Gasteiger partial charge in [0.25, 0.3) is 5.91 Å². The molecule has 6 heteroatoms. The number of rotatable bonds is 4. The van der Waals surface area contributed by atoms with Crippen LogP contribution in [-0.2, 0) is 0 Å². The third-order valence-corrected chi connectivity index (χ3v) is 4.49. The molecule has 128 valence electrons. The molecule has 0 spiro atoms. The largest absolute Gasteiger partial charge is 0.490 e. The first-order chi connectivity index (χ1) is 12.2. The van der Waals surface area contributed by atoms with Crippen LogP contribution in [0.2, 0.25) is 0 Å². The first-order valence-electron chi connectivity index (χ1n) is 8.41.